The predicted octanol–water partition coefficient (Wildman–Crippen LogP) is 1.09. The van der Waals surface area contributed by atoms with Gasteiger partial charge >= 0.3 is 12.0 Å². The fourth-order valence-electron chi connectivity index (χ4n) is 1.98. The number of ether oxygens (including phenoxy) is 1. The van der Waals surface area contributed by atoms with Gasteiger partial charge in [-0.3, -0.25) is 4.79 Å². The highest BCUT2D eigenvalue weighted by Crippen LogP contribution is 2.28. The summed E-state index contributed by atoms with van der Waals surface area (Å²) < 4.78 is 5.30. The van der Waals surface area contributed by atoms with E-state index in [1.165, 1.54) is 11.0 Å². The second-order valence-corrected chi connectivity index (χ2v) is 5.14. The van der Waals surface area contributed by atoms with Crippen LogP contribution in [0, 0.1) is 5.41 Å². The molecule has 1 aliphatic heterocycles. The number of aliphatic carboxylic acids is 1. The number of carbonyl (C=O) groups is 2. The standard InChI is InChI=1S/C13H22N2O4/c1-3-6-15(9-11(16)17)12(18)14-10-13(2)4-7-19-8-5-13/h3H,1,4-10H2,2H3,(H,14,18)(H,16,17). The molecule has 1 rings (SSSR count). The maximum absolute atomic E-state index is 11.9. The summed E-state index contributed by atoms with van der Waals surface area (Å²) in [6.45, 7) is 7.47. The molecule has 6 nitrogen and oxygen atoms in total. The fourth-order valence-corrected chi connectivity index (χ4v) is 1.98. The normalized spacial score (nSPS) is 17.5. The van der Waals surface area contributed by atoms with Gasteiger partial charge in [-0.25, -0.2) is 4.79 Å². The number of carboxylic acid groups (broad SMARTS) is 1. The molecule has 108 valence electrons. The van der Waals surface area contributed by atoms with Crippen molar-refractivity contribution in [3.05, 3.63) is 12.7 Å². The van der Waals surface area contributed by atoms with E-state index < -0.39 is 5.97 Å². The predicted molar refractivity (Wildman–Crippen MR) is 71.0 cm³/mol. The summed E-state index contributed by atoms with van der Waals surface area (Å²) in [6, 6.07) is -0.366. The second kappa shape index (κ2) is 7.13. The van der Waals surface area contributed by atoms with Crippen LogP contribution in [0.1, 0.15) is 19.8 Å². The monoisotopic (exact) mass is 270 g/mol. The summed E-state index contributed by atoms with van der Waals surface area (Å²) in [4.78, 5) is 23.8. The average Bonchev–Trinajstić information content (AvgIpc) is 2.36. The highest BCUT2D eigenvalue weighted by molar-refractivity contribution is 5.80. The van der Waals surface area contributed by atoms with Crippen molar-refractivity contribution in [1.29, 1.82) is 0 Å². The summed E-state index contributed by atoms with van der Waals surface area (Å²) in [7, 11) is 0. The maximum atomic E-state index is 11.9. The zero-order valence-electron chi connectivity index (χ0n) is 11.4. The van der Waals surface area contributed by atoms with Crippen LogP contribution in [0.2, 0.25) is 0 Å². The first-order chi connectivity index (χ1) is 8.97. The van der Waals surface area contributed by atoms with E-state index >= 15 is 0 Å². The third kappa shape index (κ3) is 5.30. The molecule has 0 atom stereocenters. The van der Waals surface area contributed by atoms with Gasteiger partial charge in [-0.2, -0.15) is 0 Å². The van der Waals surface area contributed by atoms with Gasteiger partial charge in [-0.05, 0) is 18.3 Å². The van der Waals surface area contributed by atoms with Crippen molar-refractivity contribution >= 4 is 12.0 Å². The molecule has 2 N–H and O–H groups in total. The van der Waals surface area contributed by atoms with Gasteiger partial charge < -0.3 is 20.1 Å². The highest BCUT2D eigenvalue weighted by atomic mass is 16.5. The lowest BCUT2D eigenvalue weighted by atomic mass is 9.82. The molecule has 0 radical (unpaired) electrons. The van der Waals surface area contributed by atoms with Gasteiger partial charge in [-0.15, -0.1) is 6.58 Å². The molecule has 1 fully saturated rings. The number of rotatable bonds is 6. The molecule has 0 bridgehead atoms. The van der Waals surface area contributed by atoms with Gasteiger partial charge in [0.25, 0.3) is 0 Å². The van der Waals surface area contributed by atoms with E-state index in [4.69, 9.17) is 9.84 Å². The summed E-state index contributed by atoms with van der Waals surface area (Å²) in [5.41, 5.74) is 0.0248. The van der Waals surface area contributed by atoms with Gasteiger partial charge in [-0.1, -0.05) is 13.0 Å². The number of hydrogen-bond acceptors (Lipinski definition) is 3. The zero-order valence-corrected chi connectivity index (χ0v) is 11.4. The van der Waals surface area contributed by atoms with Crippen LogP contribution in [0.4, 0.5) is 4.79 Å². The maximum Gasteiger partial charge on any atom is 0.323 e. The van der Waals surface area contributed by atoms with Gasteiger partial charge in [0, 0.05) is 26.3 Å². The molecular formula is C13H22N2O4. The Morgan fingerprint density at radius 1 is 1.47 bits per heavy atom. The lowest BCUT2D eigenvalue weighted by molar-refractivity contribution is -0.137. The van der Waals surface area contributed by atoms with E-state index in [1.54, 1.807) is 0 Å². The SMILES string of the molecule is C=CCN(CC(=O)O)C(=O)NCC1(C)CCOCC1. The Balaban J connectivity index is 2.46. The van der Waals surface area contributed by atoms with Crippen LogP contribution < -0.4 is 5.32 Å². The van der Waals surface area contributed by atoms with E-state index in [2.05, 4.69) is 18.8 Å². The van der Waals surface area contributed by atoms with Crippen LogP contribution in [0.15, 0.2) is 12.7 Å². The third-order valence-corrected chi connectivity index (χ3v) is 3.33. The smallest absolute Gasteiger partial charge is 0.323 e. The van der Waals surface area contributed by atoms with Gasteiger partial charge in [0.2, 0.25) is 0 Å². The van der Waals surface area contributed by atoms with Crippen LogP contribution in [0.5, 0.6) is 0 Å². The largest absolute Gasteiger partial charge is 0.480 e. The number of carbonyl (C=O) groups excluding carboxylic acids is 1. The Hall–Kier alpha value is -1.56. The molecule has 2 amide bonds. The van der Waals surface area contributed by atoms with Crippen LogP contribution in [0.3, 0.4) is 0 Å². The van der Waals surface area contributed by atoms with Crippen molar-refractivity contribution in [2.45, 2.75) is 19.8 Å². The van der Waals surface area contributed by atoms with Crippen molar-refractivity contribution in [2.24, 2.45) is 5.41 Å². The number of carboxylic acids is 1. The number of nitrogens with zero attached hydrogens (tertiary/aromatic N) is 1. The summed E-state index contributed by atoms with van der Waals surface area (Å²) >= 11 is 0. The van der Waals surface area contributed by atoms with E-state index in [1.807, 2.05) is 0 Å². The molecule has 0 aromatic rings. The first kappa shape index (κ1) is 15.5. The van der Waals surface area contributed by atoms with Gasteiger partial charge in [0.05, 0.1) is 0 Å². The van der Waals surface area contributed by atoms with Crippen molar-refractivity contribution in [2.75, 3.05) is 32.8 Å². The minimum atomic E-state index is -1.03. The molecule has 1 heterocycles. The first-order valence-electron chi connectivity index (χ1n) is 6.40. The van der Waals surface area contributed by atoms with Crippen LogP contribution in [-0.4, -0.2) is 54.9 Å². The zero-order chi connectivity index (χ0) is 14.3. The minimum absolute atomic E-state index is 0.0248. The molecule has 0 spiro atoms. The quantitative estimate of drug-likeness (QED) is 0.708. The molecule has 19 heavy (non-hydrogen) atoms. The molecule has 1 aliphatic rings. The molecule has 0 aromatic heterocycles. The summed E-state index contributed by atoms with van der Waals surface area (Å²) in [5.74, 6) is -1.03. The molecule has 0 aromatic carbocycles. The summed E-state index contributed by atoms with van der Waals surface area (Å²) in [5, 5.41) is 11.6. The Kier molecular flexibility index (Phi) is 5.82. The highest BCUT2D eigenvalue weighted by Gasteiger charge is 2.28. The molecular weight excluding hydrogens is 248 g/mol. The average molecular weight is 270 g/mol. The first-order valence-corrected chi connectivity index (χ1v) is 6.40. The third-order valence-electron chi connectivity index (χ3n) is 3.33. The lowest BCUT2D eigenvalue weighted by Crippen LogP contribution is -2.47. The molecule has 1 saturated heterocycles. The van der Waals surface area contributed by atoms with E-state index in [0.717, 1.165) is 12.8 Å². The summed E-state index contributed by atoms with van der Waals surface area (Å²) in [6.07, 6.45) is 3.31. The fraction of sp³-hybridized carbons (Fsp3) is 0.692. The van der Waals surface area contributed by atoms with Crippen molar-refractivity contribution in [3.63, 3.8) is 0 Å². The van der Waals surface area contributed by atoms with Crippen molar-refractivity contribution < 1.29 is 19.4 Å². The van der Waals surface area contributed by atoms with Crippen molar-refractivity contribution in [1.82, 2.24) is 10.2 Å². The van der Waals surface area contributed by atoms with E-state index in [0.29, 0.717) is 19.8 Å². The van der Waals surface area contributed by atoms with E-state index in [-0.39, 0.29) is 24.5 Å². The van der Waals surface area contributed by atoms with Gasteiger partial charge in [0.15, 0.2) is 0 Å². The molecule has 0 unspecified atom stereocenters. The van der Waals surface area contributed by atoms with Crippen LogP contribution in [0.25, 0.3) is 0 Å². The van der Waals surface area contributed by atoms with Crippen LogP contribution in [-0.2, 0) is 9.53 Å². The van der Waals surface area contributed by atoms with Crippen LogP contribution >= 0.6 is 0 Å². The molecule has 0 saturated carbocycles. The van der Waals surface area contributed by atoms with Crippen molar-refractivity contribution in [3.8, 4) is 0 Å². The Bertz CT molecular complexity index is 338. The number of urea groups is 1. The van der Waals surface area contributed by atoms with E-state index in [9.17, 15) is 9.59 Å². The Labute approximate surface area is 113 Å². The van der Waals surface area contributed by atoms with Gasteiger partial charge in [0.1, 0.15) is 6.54 Å². The number of hydrogen-bond donors (Lipinski definition) is 2. The Morgan fingerprint density at radius 2 is 2.11 bits per heavy atom. The second-order valence-electron chi connectivity index (χ2n) is 5.14. The molecule has 0 aliphatic carbocycles. The lowest BCUT2D eigenvalue weighted by Gasteiger charge is -2.34. The number of amides is 2. The topological polar surface area (TPSA) is 78.9 Å². The minimum Gasteiger partial charge on any atom is -0.480 e. The molecule has 6 heteroatoms. The number of nitrogens with one attached hydrogen (secondary N) is 1. The Morgan fingerprint density at radius 3 is 2.63 bits per heavy atom.